The fourth-order valence-electron chi connectivity index (χ4n) is 1.74. The molecule has 0 saturated heterocycles. The Morgan fingerprint density at radius 2 is 2.20 bits per heavy atom. The highest BCUT2D eigenvalue weighted by Gasteiger charge is 2.56. The summed E-state index contributed by atoms with van der Waals surface area (Å²) in [6.45, 7) is 0. The zero-order chi connectivity index (χ0) is 7.19. The molecule has 0 amide bonds. The van der Waals surface area contributed by atoms with Crippen molar-refractivity contribution in [2.45, 2.75) is 19.3 Å². The van der Waals surface area contributed by atoms with Gasteiger partial charge in [0, 0.05) is 0 Å². The van der Waals surface area contributed by atoms with Crippen LogP contribution in [0.2, 0.25) is 0 Å². The minimum atomic E-state index is 0.421. The zero-order valence-corrected chi connectivity index (χ0v) is 7.12. The SMILES string of the molecule is ClC(Cl)=CC1[CH]C12CCC2. The highest BCUT2D eigenvalue weighted by molar-refractivity contribution is 6.55. The third-order valence-corrected chi connectivity index (χ3v) is 2.91. The van der Waals surface area contributed by atoms with Crippen LogP contribution in [0.3, 0.4) is 0 Å². The summed E-state index contributed by atoms with van der Waals surface area (Å²) < 4.78 is 0.421. The molecule has 2 aliphatic carbocycles. The van der Waals surface area contributed by atoms with E-state index < -0.39 is 0 Å². The molecular weight excluding hydrogens is 167 g/mol. The largest absolute Gasteiger partial charge is 0.103 e. The van der Waals surface area contributed by atoms with Gasteiger partial charge in [-0.3, -0.25) is 0 Å². The Morgan fingerprint density at radius 3 is 2.50 bits per heavy atom. The Kier molecular flexibility index (Phi) is 1.50. The Morgan fingerprint density at radius 1 is 1.50 bits per heavy atom. The molecule has 0 N–H and O–H groups in total. The number of allylic oxidation sites excluding steroid dienone is 1. The maximum atomic E-state index is 5.53. The molecule has 55 valence electrons. The van der Waals surface area contributed by atoms with Crippen LogP contribution < -0.4 is 0 Å². The van der Waals surface area contributed by atoms with Crippen molar-refractivity contribution in [2.24, 2.45) is 11.3 Å². The molecule has 0 aromatic heterocycles. The lowest BCUT2D eigenvalue weighted by atomic mass is 9.80. The van der Waals surface area contributed by atoms with Crippen LogP contribution in [0.4, 0.5) is 0 Å². The quantitative estimate of drug-likeness (QED) is 0.574. The lowest BCUT2D eigenvalue weighted by molar-refractivity contribution is 0.284. The molecule has 2 saturated carbocycles. The Bertz CT molecular complexity index is 176. The molecule has 1 unspecified atom stereocenters. The summed E-state index contributed by atoms with van der Waals surface area (Å²) in [6.07, 6.45) is 8.36. The van der Waals surface area contributed by atoms with Crippen LogP contribution in [0, 0.1) is 17.8 Å². The van der Waals surface area contributed by atoms with Crippen LogP contribution in [0.25, 0.3) is 0 Å². The molecule has 2 fully saturated rings. The lowest BCUT2D eigenvalue weighted by Crippen LogP contribution is -2.13. The third-order valence-electron chi connectivity index (χ3n) is 2.66. The predicted octanol–water partition coefficient (Wildman–Crippen LogP) is 3.31. The average Bonchev–Trinajstić information content (AvgIpc) is 2.37. The molecule has 0 bridgehead atoms. The van der Waals surface area contributed by atoms with E-state index in [-0.39, 0.29) is 0 Å². The molecule has 2 heteroatoms. The number of halogens is 2. The van der Waals surface area contributed by atoms with Crippen LogP contribution in [0.15, 0.2) is 10.6 Å². The van der Waals surface area contributed by atoms with Crippen LogP contribution in [-0.2, 0) is 0 Å². The number of hydrogen-bond donors (Lipinski definition) is 0. The molecule has 0 nitrogen and oxygen atoms in total. The summed E-state index contributed by atoms with van der Waals surface area (Å²) in [4.78, 5) is 0. The first-order chi connectivity index (χ1) is 4.73. The second-order valence-corrected chi connectivity index (χ2v) is 4.24. The van der Waals surface area contributed by atoms with E-state index in [1.165, 1.54) is 19.3 Å². The minimum absolute atomic E-state index is 0.421. The van der Waals surface area contributed by atoms with Crippen molar-refractivity contribution in [3.63, 3.8) is 0 Å². The van der Waals surface area contributed by atoms with Crippen molar-refractivity contribution < 1.29 is 0 Å². The highest BCUT2D eigenvalue weighted by atomic mass is 35.5. The lowest BCUT2D eigenvalue weighted by Gasteiger charge is -2.25. The van der Waals surface area contributed by atoms with Gasteiger partial charge >= 0.3 is 0 Å². The van der Waals surface area contributed by atoms with E-state index in [1.807, 2.05) is 6.08 Å². The van der Waals surface area contributed by atoms with Gasteiger partial charge in [0.1, 0.15) is 4.49 Å². The normalized spacial score (nSPS) is 33.2. The molecule has 0 aromatic carbocycles. The van der Waals surface area contributed by atoms with E-state index in [1.54, 1.807) is 0 Å². The second kappa shape index (κ2) is 2.15. The fraction of sp³-hybridized carbons (Fsp3) is 0.625. The Balaban J connectivity index is 1.95. The van der Waals surface area contributed by atoms with E-state index >= 15 is 0 Å². The van der Waals surface area contributed by atoms with Crippen molar-refractivity contribution in [2.75, 3.05) is 0 Å². The standard InChI is InChI=1S/C8H9Cl2/c9-7(10)4-6-5-8(6)2-1-3-8/h4-6H,1-3H2. The van der Waals surface area contributed by atoms with Gasteiger partial charge in [-0.1, -0.05) is 35.7 Å². The first kappa shape index (κ1) is 7.00. The first-order valence-corrected chi connectivity index (χ1v) is 4.37. The van der Waals surface area contributed by atoms with Gasteiger partial charge in [-0.15, -0.1) is 0 Å². The molecule has 0 aliphatic heterocycles. The Labute approximate surface area is 71.2 Å². The van der Waals surface area contributed by atoms with Crippen molar-refractivity contribution in [1.82, 2.24) is 0 Å². The Hall–Kier alpha value is 0.320. The van der Waals surface area contributed by atoms with Gasteiger partial charge < -0.3 is 0 Å². The molecule has 2 aliphatic rings. The minimum Gasteiger partial charge on any atom is -0.0712 e. The number of rotatable bonds is 1. The molecule has 1 radical (unpaired) electrons. The second-order valence-electron chi connectivity index (χ2n) is 3.24. The van der Waals surface area contributed by atoms with E-state index in [9.17, 15) is 0 Å². The van der Waals surface area contributed by atoms with Gasteiger partial charge in [-0.25, -0.2) is 0 Å². The summed E-state index contributed by atoms with van der Waals surface area (Å²) in [5.41, 5.74) is 0.551. The van der Waals surface area contributed by atoms with Gasteiger partial charge in [0.2, 0.25) is 0 Å². The first-order valence-electron chi connectivity index (χ1n) is 3.62. The number of hydrogen-bond acceptors (Lipinski definition) is 0. The predicted molar refractivity (Wildman–Crippen MR) is 43.9 cm³/mol. The van der Waals surface area contributed by atoms with E-state index in [2.05, 4.69) is 6.42 Å². The highest BCUT2D eigenvalue weighted by Crippen LogP contribution is 2.65. The zero-order valence-electron chi connectivity index (χ0n) is 5.61. The van der Waals surface area contributed by atoms with Crippen LogP contribution in [0.1, 0.15) is 19.3 Å². The third kappa shape index (κ3) is 0.981. The van der Waals surface area contributed by atoms with Crippen molar-refractivity contribution in [3.05, 3.63) is 17.0 Å². The van der Waals surface area contributed by atoms with Gasteiger partial charge in [-0.2, -0.15) is 0 Å². The van der Waals surface area contributed by atoms with Crippen LogP contribution >= 0.6 is 23.2 Å². The summed E-state index contributed by atoms with van der Waals surface area (Å²) >= 11 is 11.1. The van der Waals surface area contributed by atoms with Crippen LogP contribution in [-0.4, -0.2) is 0 Å². The smallest absolute Gasteiger partial charge is 0.0712 e. The molecule has 0 heterocycles. The molecule has 0 aromatic rings. The van der Waals surface area contributed by atoms with Crippen molar-refractivity contribution in [3.8, 4) is 0 Å². The summed E-state index contributed by atoms with van der Waals surface area (Å²) in [7, 11) is 0. The van der Waals surface area contributed by atoms with Gasteiger partial charge in [0.15, 0.2) is 0 Å². The van der Waals surface area contributed by atoms with E-state index in [0.29, 0.717) is 15.8 Å². The topological polar surface area (TPSA) is 0 Å². The van der Waals surface area contributed by atoms with Crippen LogP contribution in [0.5, 0.6) is 0 Å². The maximum Gasteiger partial charge on any atom is 0.103 e. The molecule has 1 spiro atoms. The summed E-state index contributed by atoms with van der Waals surface area (Å²) in [5.74, 6) is 0.589. The molecule has 1 atom stereocenters. The van der Waals surface area contributed by atoms with Crippen molar-refractivity contribution >= 4 is 23.2 Å². The van der Waals surface area contributed by atoms with E-state index in [0.717, 1.165) is 0 Å². The maximum absolute atomic E-state index is 5.53. The fourth-order valence-corrected chi connectivity index (χ4v) is 2.02. The molecular formula is C8H9Cl2. The van der Waals surface area contributed by atoms with Crippen molar-refractivity contribution in [1.29, 1.82) is 0 Å². The van der Waals surface area contributed by atoms with Gasteiger partial charge in [-0.05, 0) is 30.6 Å². The van der Waals surface area contributed by atoms with Gasteiger partial charge in [0.05, 0.1) is 0 Å². The van der Waals surface area contributed by atoms with Gasteiger partial charge in [0.25, 0.3) is 0 Å². The average molecular weight is 176 g/mol. The molecule has 2 rings (SSSR count). The monoisotopic (exact) mass is 175 g/mol. The van der Waals surface area contributed by atoms with E-state index in [4.69, 9.17) is 23.2 Å². The summed E-state index contributed by atoms with van der Waals surface area (Å²) in [5, 5.41) is 0. The summed E-state index contributed by atoms with van der Waals surface area (Å²) in [6, 6.07) is 0. The molecule has 10 heavy (non-hydrogen) atoms.